The zero-order chi connectivity index (χ0) is 13.4. The average Bonchev–Trinajstić information content (AvgIpc) is 2.61. The summed E-state index contributed by atoms with van der Waals surface area (Å²) < 4.78 is 10.8. The van der Waals surface area contributed by atoms with Crippen LogP contribution in [0.5, 0.6) is 5.75 Å². The van der Waals surface area contributed by atoms with Crippen LogP contribution in [0.2, 0.25) is 5.02 Å². The minimum absolute atomic E-state index is 0.0530. The summed E-state index contributed by atoms with van der Waals surface area (Å²) in [6.45, 7) is 3.84. The van der Waals surface area contributed by atoms with E-state index in [0.717, 1.165) is 11.3 Å². The van der Waals surface area contributed by atoms with Crippen molar-refractivity contribution in [1.29, 1.82) is 0 Å². The van der Waals surface area contributed by atoms with Gasteiger partial charge in [-0.05, 0) is 12.6 Å². The molecule has 2 heterocycles. The molecule has 5 nitrogen and oxygen atoms in total. The molecular formula is C13H15ClN2O3. The third-order valence-electron chi connectivity index (χ3n) is 3.24. The highest BCUT2D eigenvalue weighted by molar-refractivity contribution is 6.32. The number of fused-ring (bicyclic) bond motifs is 1. The molecule has 1 aromatic carbocycles. The maximum absolute atomic E-state index is 11.9. The quantitative estimate of drug-likeness (QED) is 0.883. The van der Waals surface area contributed by atoms with E-state index in [1.54, 1.807) is 12.1 Å². The predicted octanol–water partition coefficient (Wildman–Crippen LogP) is 1.72. The number of hydrogen-bond donors (Lipinski definition) is 2. The fourth-order valence-corrected chi connectivity index (χ4v) is 2.44. The number of ether oxygens (including phenoxy) is 2. The van der Waals surface area contributed by atoms with Gasteiger partial charge >= 0.3 is 0 Å². The van der Waals surface area contributed by atoms with Gasteiger partial charge in [-0.3, -0.25) is 4.79 Å². The molecule has 6 heteroatoms. The van der Waals surface area contributed by atoms with Crippen molar-refractivity contribution in [2.75, 3.05) is 25.1 Å². The second-order valence-corrected chi connectivity index (χ2v) is 5.03. The molecule has 2 N–H and O–H groups in total. The zero-order valence-corrected chi connectivity index (χ0v) is 11.3. The van der Waals surface area contributed by atoms with Crippen LogP contribution in [0.1, 0.15) is 18.5 Å². The molecule has 2 aliphatic rings. The number of carbonyl (C=O) groups is 1. The molecular weight excluding hydrogens is 268 g/mol. The van der Waals surface area contributed by atoms with Crippen molar-refractivity contribution in [2.45, 2.75) is 19.1 Å². The van der Waals surface area contributed by atoms with Crippen molar-refractivity contribution in [2.24, 2.45) is 0 Å². The minimum Gasteiger partial charge on any atom is -0.484 e. The minimum atomic E-state index is -0.335. The normalized spacial score (nSPS) is 21.8. The van der Waals surface area contributed by atoms with Crippen LogP contribution in [0.3, 0.4) is 0 Å². The molecule has 1 unspecified atom stereocenters. The smallest absolute Gasteiger partial charge is 0.246 e. The van der Waals surface area contributed by atoms with Crippen LogP contribution < -0.4 is 15.4 Å². The number of hydrogen-bond acceptors (Lipinski definition) is 4. The van der Waals surface area contributed by atoms with Crippen LogP contribution in [0, 0.1) is 0 Å². The number of nitrogens with one attached hydrogen (secondary N) is 2. The average molecular weight is 283 g/mol. The van der Waals surface area contributed by atoms with Crippen molar-refractivity contribution in [3.8, 4) is 5.75 Å². The Kier molecular flexibility index (Phi) is 3.35. The van der Waals surface area contributed by atoms with Gasteiger partial charge in [0, 0.05) is 17.3 Å². The summed E-state index contributed by atoms with van der Waals surface area (Å²) in [5, 5.41) is 6.49. The third kappa shape index (κ3) is 2.29. The molecule has 0 aliphatic carbocycles. The first-order valence-corrected chi connectivity index (χ1v) is 6.69. The largest absolute Gasteiger partial charge is 0.484 e. The molecule has 0 spiro atoms. The van der Waals surface area contributed by atoms with Crippen LogP contribution >= 0.6 is 11.6 Å². The fourth-order valence-electron chi connectivity index (χ4n) is 2.22. The van der Waals surface area contributed by atoms with Crippen molar-refractivity contribution in [3.63, 3.8) is 0 Å². The highest BCUT2D eigenvalue weighted by atomic mass is 35.5. The van der Waals surface area contributed by atoms with E-state index < -0.39 is 0 Å². The zero-order valence-electron chi connectivity index (χ0n) is 10.5. The molecule has 102 valence electrons. The van der Waals surface area contributed by atoms with Crippen molar-refractivity contribution in [1.82, 2.24) is 5.32 Å². The van der Waals surface area contributed by atoms with Crippen LogP contribution in [0.4, 0.5) is 5.69 Å². The van der Waals surface area contributed by atoms with Gasteiger partial charge in [0.25, 0.3) is 0 Å². The van der Waals surface area contributed by atoms with Crippen molar-refractivity contribution in [3.05, 3.63) is 22.7 Å². The van der Waals surface area contributed by atoms with Gasteiger partial charge in [-0.1, -0.05) is 18.5 Å². The fraction of sp³-hybridized carbons (Fsp3) is 0.462. The maximum Gasteiger partial charge on any atom is 0.246 e. The monoisotopic (exact) mass is 282 g/mol. The lowest BCUT2D eigenvalue weighted by Gasteiger charge is -2.27. The number of benzene rings is 1. The number of halogens is 1. The molecule has 19 heavy (non-hydrogen) atoms. The second-order valence-electron chi connectivity index (χ2n) is 4.63. The molecule has 0 bridgehead atoms. The molecule has 3 rings (SSSR count). The van der Waals surface area contributed by atoms with Crippen LogP contribution in [0.15, 0.2) is 12.1 Å². The lowest BCUT2D eigenvalue weighted by molar-refractivity contribution is -0.117. The van der Waals surface area contributed by atoms with E-state index in [2.05, 4.69) is 10.6 Å². The summed E-state index contributed by atoms with van der Waals surface area (Å²) in [6, 6.07) is 3.24. The Hall–Kier alpha value is -1.30. The number of amides is 1. The predicted molar refractivity (Wildman–Crippen MR) is 71.7 cm³/mol. The molecule has 0 radical (unpaired) electrons. The van der Waals surface area contributed by atoms with E-state index in [9.17, 15) is 4.79 Å². The maximum atomic E-state index is 11.9. The van der Waals surface area contributed by atoms with E-state index in [1.807, 2.05) is 6.92 Å². The van der Waals surface area contributed by atoms with Gasteiger partial charge in [-0.2, -0.15) is 0 Å². The Morgan fingerprint density at radius 1 is 1.53 bits per heavy atom. The Labute approximate surface area is 116 Å². The van der Waals surface area contributed by atoms with Crippen LogP contribution in [-0.4, -0.2) is 31.8 Å². The first kappa shape index (κ1) is 12.7. The van der Waals surface area contributed by atoms with Gasteiger partial charge < -0.3 is 20.1 Å². The standard InChI is InChI=1S/C13H15ClN2O3/c1-2-15-12-8-3-9(14)11(19-7-5-18-6-7)4-10(8)16-13(12)17/h3-4,7,12,15H,2,5-6H2,1H3,(H,16,17). The molecule has 1 amide bonds. The highest BCUT2D eigenvalue weighted by Crippen LogP contribution is 2.39. The third-order valence-corrected chi connectivity index (χ3v) is 3.54. The molecule has 0 aromatic heterocycles. The van der Waals surface area contributed by atoms with E-state index >= 15 is 0 Å². The van der Waals surface area contributed by atoms with Crippen molar-refractivity contribution >= 4 is 23.2 Å². The molecule has 2 aliphatic heterocycles. The van der Waals surface area contributed by atoms with Crippen molar-refractivity contribution < 1.29 is 14.3 Å². The number of likely N-dealkylation sites (N-methyl/N-ethyl adjacent to an activating group) is 1. The van der Waals surface area contributed by atoms with Gasteiger partial charge in [-0.25, -0.2) is 0 Å². The van der Waals surface area contributed by atoms with E-state index in [-0.39, 0.29) is 18.1 Å². The first-order valence-electron chi connectivity index (χ1n) is 6.31. The summed E-state index contributed by atoms with van der Waals surface area (Å²) in [5.41, 5.74) is 1.63. The highest BCUT2D eigenvalue weighted by Gasteiger charge is 2.31. The summed E-state index contributed by atoms with van der Waals surface area (Å²) >= 11 is 6.21. The Balaban J connectivity index is 1.87. The summed E-state index contributed by atoms with van der Waals surface area (Å²) in [4.78, 5) is 11.9. The number of anilines is 1. The van der Waals surface area contributed by atoms with Gasteiger partial charge in [0.15, 0.2) is 0 Å². The first-order chi connectivity index (χ1) is 9.19. The van der Waals surface area contributed by atoms with E-state index in [0.29, 0.717) is 30.5 Å². The Morgan fingerprint density at radius 2 is 2.32 bits per heavy atom. The number of rotatable bonds is 4. The van der Waals surface area contributed by atoms with E-state index in [1.165, 1.54) is 0 Å². The summed E-state index contributed by atoms with van der Waals surface area (Å²) in [5.74, 6) is 0.531. The number of carbonyl (C=O) groups excluding carboxylic acids is 1. The molecule has 1 saturated heterocycles. The topological polar surface area (TPSA) is 59.6 Å². The molecule has 1 aromatic rings. The summed E-state index contributed by atoms with van der Waals surface area (Å²) in [6.07, 6.45) is 0.0530. The van der Waals surface area contributed by atoms with Gasteiger partial charge in [0.2, 0.25) is 5.91 Å². The van der Waals surface area contributed by atoms with E-state index in [4.69, 9.17) is 21.1 Å². The lowest BCUT2D eigenvalue weighted by atomic mass is 10.1. The molecule has 1 atom stereocenters. The lowest BCUT2D eigenvalue weighted by Crippen LogP contribution is -2.38. The van der Waals surface area contributed by atoms with Gasteiger partial charge in [-0.15, -0.1) is 0 Å². The van der Waals surface area contributed by atoms with Crippen LogP contribution in [0.25, 0.3) is 0 Å². The Morgan fingerprint density at radius 3 is 2.95 bits per heavy atom. The van der Waals surface area contributed by atoms with Gasteiger partial charge in [0.1, 0.15) is 17.9 Å². The van der Waals surface area contributed by atoms with Gasteiger partial charge in [0.05, 0.1) is 18.2 Å². The second kappa shape index (κ2) is 5.00. The summed E-state index contributed by atoms with van der Waals surface area (Å²) in [7, 11) is 0. The molecule has 1 fully saturated rings. The Bertz CT molecular complexity index is 517. The van der Waals surface area contributed by atoms with Crippen LogP contribution in [-0.2, 0) is 9.53 Å². The SMILES string of the molecule is CCNC1C(=O)Nc2cc(OC3COC3)c(Cl)cc21. The molecule has 0 saturated carbocycles.